The molecule has 80 valence electrons. The van der Waals surface area contributed by atoms with Gasteiger partial charge in [0.15, 0.2) is 0 Å². The van der Waals surface area contributed by atoms with Crippen molar-refractivity contribution in [1.29, 1.82) is 0 Å². The first-order valence-corrected chi connectivity index (χ1v) is 16.4. The van der Waals surface area contributed by atoms with Crippen LogP contribution in [-0.2, 0) is 27.5 Å². The summed E-state index contributed by atoms with van der Waals surface area (Å²) in [4.78, 5) is 0. The van der Waals surface area contributed by atoms with Gasteiger partial charge in [-0.15, -0.1) is 0 Å². The van der Waals surface area contributed by atoms with Gasteiger partial charge in [0.25, 0.3) is 0 Å². The van der Waals surface area contributed by atoms with Crippen molar-refractivity contribution in [1.82, 2.24) is 0 Å². The van der Waals surface area contributed by atoms with Gasteiger partial charge in [-0.25, -0.2) is 0 Å². The Hall–Kier alpha value is 0.450. The molecule has 0 fully saturated rings. The number of rotatable bonds is 9. The zero-order chi connectivity index (χ0) is 10.9. The summed E-state index contributed by atoms with van der Waals surface area (Å²) < 4.78 is 16.4. The van der Waals surface area contributed by atoms with Gasteiger partial charge < -0.3 is 0 Å². The fourth-order valence-corrected chi connectivity index (χ4v) is 8.16. The molecule has 0 unspecified atom stereocenters. The first-order valence-electron chi connectivity index (χ1n) is 4.12. The maximum atomic E-state index is 5.46. The normalized spacial score (nSPS) is 10.9. The van der Waals surface area contributed by atoms with Crippen LogP contribution in [0, 0.1) is 0 Å². The summed E-state index contributed by atoms with van der Waals surface area (Å²) in [5, 5.41) is 0. The van der Waals surface area contributed by atoms with Crippen LogP contribution < -0.4 is 0 Å². The molecule has 0 aromatic heterocycles. The molecule has 0 saturated heterocycles. The zero-order valence-corrected chi connectivity index (χ0v) is 13.3. The van der Waals surface area contributed by atoms with Crippen molar-refractivity contribution < 1.29 is 27.5 Å². The molecule has 14 heavy (non-hydrogen) atoms. The van der Waals surface area contributed by atoms with Crippen molar-refractivity contribution in [2.75, 3.05) is 19.8 Å². The standard InChI is InChI=1S/3C3H5O.BrH.Hf/c3*1-2-3-4;;/h3*2H,1,3H2;1H;/q3*-1;;+4/p-1. The Bertz CT molecular complexity index is 165. The van der Waals surface area contributed by atoms with Gasteiger partial charge in [-0.3, -0.25) is 0 Å². The molecule has 0 aliphatic carbocycles. The molecule has 0 radical (unpaired) electrons. The molecule has 5 heteroatoms. The molecule has 0 N–H and O–H groups in total. The molecule has 0 heterocycles. The van der Waals surface area contributed by atoms with Gasteiger partial charge in [-0.05, 0) is 0 Å². The average molecular weight is 430 g/mol. The van der Waals surface area contributed by atoms with Crippen LogP contribution in [0.5, 0.6) is 0 Å². The molecule has 0 aliphatic rings. The molecule has 0 aliphatic heterocycles. The minimum atomic E-state index is -3.59. The summed E-state index contributed by atoms with van der Waals surface area (Å²) >= 11 is -0.193. The Morgan fingerprint density at radius 1 is 0.857 bits per heavy atom. The summed E-state index contributed by atoms with van der Waals surface area (Å²) in [5.41, 5.74) is 0. The van der Waals surface area contributed by atoms with Crippen LogP contribution in [0.15, 0.2) is 38.0 Å². The predicted molar refractivity (Wildman–Crippen MR) is 57.4 cm³/mol. The van der Waals surface area contributed by atoms with E-state index in [2.05, 4.69) is 32.0 Å². The van der Waals surface area contributed by atoms with Crippen LogP contribution in [0.1, 0.15) is 0 Å². The van der Waals surface area contributed by atoms with Crippen LogP contribution >= 0.6 is 12.3 Å². The van der Waals surface area contributed by atoms with Crippen molar-refractivity contribution in [3.63, 3.8) is 0 Å². The second kappa shape index (κ2) is 8.73. The first kappa shape index (κ1) is 14.5. The van der Waals surface area contributed by atoms with E-state index in [1.54, 1.807) is 18.2 Å². The van der Waals surface area contributed by atoms with Crippen LogP contribution in [0.2, 0.25) is 0 Å². The van der Waals surface area contributed by atoms with Crippen LogP contribution in [0.4, 0.5) is 0 Å². The molecule has 0 aromatic carbocycles. The van der Waals surface area contributed by atoms with Crippen LogP contribution in [-0.4, -0.2) is 19.8 Å². The van der Waals surface area contributed by atoms with Crippen molar-refractivity contribution in [2.24, 2.45) is 0 Å². The number of hydrogen-bond donors (Lipinski definition) is 0. The monoisotopic (exact) mass is 430 g/mol. The molecule has 0 rings (SSSR count). The van der Waals surface area contributed by atoms with E-state index in [0.717, 1.165) is 0 Å². The Kier molecular flexibility index (Phi) is 9.01. The van der Waals surface area contributed by atoms with E-state index in [-0.39, 0.29) is 0 Å². The van der Waals surface area contributed by atoms with Crippen LogP contribution in [0.25, 0.3) is 0 Å². The molecular formula is C9H15BrHfO3. The van der Waals surface area contributed by atoms with E-state index in [1.807, 2.05) is 0 Å². The Labute approximate surface area is 97.1 Å². The topological polar surface area (TPSA) is 27.7 Å². The Balaban J connectivity index is 4.07. The SMILES string of the molecule is C=CC[O][Hf]([Br])([O]CC=C)[O]CC=C. The summed E-state index contributed by atoms with van der Waals surface area (Å²) in [6.45, 7) is 11.9. The van der Waals surface area contributed by atoms with Gasteiger partial charge in [-0.1, -0.05) is 0 Å². The fraction of sp³-hybridized carbons (Fsp3) is 0.333. The molecule has 3 nitrogen and oxygen atoms in total. The van der Waals surface area contributed by atoms with Gasteiger partial charge in [0.05, 0.1) is 0 Å². The van der Waals surface area contributed by atoms with E-state index in [0.29, 0.717) is 19.8 Å². The molecule has 0 aromatic rings. The Morgan fingerprint density at radius 2 is 1.14 bits per heavy atom. The molecule has 0 saturated carbocycles. The molecule has 0 bridgehead atoms. The second-order valence-electron chi connectivity index (χ2n) is 2.28. The van der Waals surface area contributed by atoms with Crippen LogP contribution in [0.3, 0.4) is 0 Å². The van der Waals surface area contributed by atoms with Gasteiger partial charge in [0.2, 0.25) is 0 Å². The third kappa shape index (κ3) is 6.84. The van der Waals surface area contributed by atoms with E-state index in [9.17, 15) is 0 Å². The van der Waals surface area contributed by atoms with Crippen molar-refractivity contribution in [3.8, 4) is 0 Å². The summed E-state index contributed by atoms with van der Waals surface area (Å²) in [6.07, 6.45) is 4.97. The molecular weight excluding hydrogens is 414 g/mol. The molecule has 0 spiro atoms. The average Bonchev–Trinajstić information content (AvgIpc) is 2.21. The van der Waals surface area contributed by atoms with Gasteiger partial charge in [-0.2, -0.15) is 0 Å². The van der Waals surface area contributed by atoms with E-state index in [1.165, 1.54) is 0 Å². The second-order valence-corrected chi connectivity index (χ2v) is 16.8. The summed E-state index contributed by atoms with van der Waals surface area (Å²) in [6, 6.07) is 0. The van der Waals surface area contributed by atoms with E-state index >= 15 is 0 Å². The third-order valence-electron chi connectivity index (χ3n) is 1.12. The van der Waals surface area contributed by atoms with Gasteiger partial charge in [0.1, 0.15) is 0 Å². The van der Waals surface area contributed by atoms with E-state index < -0.39 is 18.9 Å². The van der Waals surface area contributed by atoms with Gasteiger partial charge >= 0.3 is 97.6 Å². The molecule has 0 amide bonds. The van der Waals surface area contributed by atoms with Crippen molar-refractivity contribution in [3.05, 3.63) is 38.0 Å². The minimum absolute atomic E-state index is 0.418. The van der Waals surface area contributed by atoms with Crippen molar-refractivity contribution >= 4 is 12.3 Å². The maximum absolute atomic E-state index is 5.46. The predicted octanol–water partition coefficient (Wildman–Crippen LogP) is 2.80. The Morgan fingerprint density at radius 3 is 1.36 bits per heavy atom. The van der Waals surface area contributed by atoms with E-state index in [4.69, 9.17) is 8.56 Å². The fourth-order valence-electron chi connectivity index (χ4n) is 0.600. The van der Waals surface area contributed by atoms with Crippen molar-refractivity contribution in [2.45, 2.75) is 0 Å². The molecule has 0 atom stereocenters. The first-order chi connectivity index (χ1) is 6.68. The number of halogens is 1. The number of hydrogen-bond acceptors (Lipinski definition) is 3. The van der Waals surface area contributed by atoms with Gasteiger partial charge in [0, 0.05) is 0 Å². The third-order valence-corrected chi connectivity index (χ3v) is 12.3. The quantitative estimate of drug-likeness (QED) is 0.417. The zero-order valence-electron chi connectivity index (χ0n) is 8.08. The summed E-state index contributed by atoms with van der Waals surface area (Å²) in [5.74, 6) is 0. The summed E-state index contributed by atoms with van der Waals surface area (Å²) in [7, 11) is 0.